The van der Waals surface area contributed by atoms with Crippen molar-refractivity contribution in [3.05, 3.63) is 46.2 Å². The van der Waals surface area contributed by atoms with Crippen molar-refractivity contribution in [2.75, 3.05) is 0 Å². The Morgan fingerprint density at radius 3 is 2.81 bits per heavy atom. The maximum absolute atomic E-state index is 12.1. The molecule has 1 aromatic carbocycles. The fraction of sp³-hybridized carbons (Fsp3) is 0.357. The van der Waals surface area contributed by atoms with Gasteiger partial charge in [0.1, 0.15) is 0 Å². The standard InChI is InChI=1S/C14H17NO/c1-2-3-4-7-11-10-15-13-9-6-5-8-12(13)14(11)16/h5-6,8-10H,2-4,7H2,1H3,(H,15,16). The van der Waals surface area contributed by atoms with E-state index in [1.807, 2.05) is 30.5 Å². The molecule has 0 fully saturated rings. The first-order valence-electron chi connectivity index (χ1n) is 5.92. The summed E-state index contributed by atoms with van der Waals surface area (Å²) in [6, 6.07) is 7.67. The Labute approximate surface area is 95.3 Å². The molecular weight excluding hydrogens is 198 g/mol. The first-order chi connectivity index (χ1) is 7.83. The Balaban J connectivity index is 2.33. The van der Waals surface area contributed by atoms with Crippen LogP contribution in [0, 0.1) is 0 Å². The van der Waals surface area contributed by atoms with Crippen LogP contribution in [0.5, 0.6) is 0 Å². The minimum atomic E-state index is 0.186. The minimum Gasteiger partial charge on any atom is -0.361 e. The normalized spacial score (nSPS) is 10.8. The van der Waals surface area contributed by atoms with Crippen LogP contribution >= 0.6 is 0 Å². The van der Waals surface area contributed by atoms with Crippen LogP contribution in [-0.2, 0) is 6.42 Å². The second-order valence-corrected chi connectivity index (χ2v) is 4.15. The lowest BCUT2D eigenvalue weighted by atomic mass is 10.1. The predicted octanol–water partition coefficient (Wildman–Crippen LogP) is 3.26. The summed E-state index contributed by atoms with van der Waals surface area (Å²) in [5, 5.41) is 0.802. The average Bonchev–Trinajstić information content (AvgIpc) is 2.33. The predicted molar refractivity (Wildman–Crippen MR) is 67.8 cm³/mol. The van der Waals surface area contributed by atoms with E-state index in [2.05, 4.69) is 11.9 Å². The molecule has 0 unspecified atom stereocenters. The van der Waals surface area contributed by atoms with Gasteiger partial charge in [0.15, 0.2) is 5.43 Å². The highest BCUT2D eigenvalue weighted by Gasteiger charge is 2.03. The lowest BCUT2D eigenvalue weighted by Gasteiger charge is -2.02. The Morgan fingerprint density at radius 2 is 2.00 bits per heavy atom. The highest BCUT2D eigenvalue weighted by atomic mass is 16.1. The van der Waals surface area contributed by atoms with Gasteiger partial charge < -0.3 is 4.98 Å². The smallest absolute Gasteiger partial charge is 0.192 e. The van der Waals surface area contributed by atoms with E-state index in [4.69, 9.17) is 0 Å². The minimum absolute atomic E-state index is 0.186. The topological polar surface area (TPSA) is 32.9 Å². The largest absolute Gasteiger partial charge is 0.361 e. The van der Waals surface area contributed by atoms with E-state index >= 15 is 0 Å². The zero-order valence-corrected chi connectivity index (χ0v) is 9.62. The van der Waals surface area contributed by atoms with E-state index in [1.165, 1.54) is 12.8 Å². The van der Waals surface area contributed by atoms with Crippen LogP contribution in [0.3, 0.4) is 0 Å². The molecule has 0 saturated heterocycles. The Bertz CT molecular complexity index is 527. The fourth-order valence-corrected chi connectivity index (χ4v) is 1.96. The Hall–Kier alpha value is -1.57. The van der Waals surface area contributed by atoms with Gasteiger partial charge in [-0.25, -0.2) is 0 Å². The lowest BCUT2D eigenvalue weighted by molar-refractivity contribution is 0.714. The number of pyridine rings is 1. The second kappa shape index (κ2) is 4.97. The van der Waals surface area contributed by atoms with Gasteiger partial charge in [0, 0.05) is 22.7 Å². The van der Waals surface area contributed by atoms with Crippen LogP contribution < -0.4 is 5.43 Å². The number of nitrogens with one attached hydrogen (secondary N) is 1. The number of fused-ring (bicyclic) bond motifs is 1. The number of aromatic nitrogens is 1. The molecular formula is C14H17NO. The molecule has 2 nitrogen and oxygen atoms in total. The molecule has 0 saturated carbocycles. The van der Waals surface area contributed by atoms with Gasteiger partial charge in [-0.05, 0) is 25.0 Å². The molecule has 2 rings (SSSR count). The van der Waals surface area contributed by atoms with Crippen LogP contribution in [-0.4, -0.2) is 4.98 Å². The molecule has 0 atom stereocenters. The summed E-state index contributed by atoms with van der Waals surface area (Å²) in [6.07, 6.45) is 6.21. The van der Waals surface area contributed by atoms with Crippen molar-refractivity contribution in [1.82, 2.24) is 4.98 Å². The number of unbranched alkanes of at least 4 members (excludes halogenated alkanes) is 2. The van der Waals surface area contributed by atoms with Gasteiger partial charge in [-0.1, -0.05) is 31.9 Å². The molecule has 0 aliphatic carbocycles. The highest BCUT2D eigenvalue weighted by molar-refractivity contribution is 5.78. The number of hydrogen-bond acceptors (Lipinski definition) is 1. The van der Waals surface area contributed by atoms with Crippen molar-refractivity contribution in [2.45, 2.75) is 32.6 Å². The molecule has 1 aromatic heterocycles. The number of para-hydroxylation sites is 1. The summed E-state index contributed by atoms with van der Waals surface area (Å²) in [6.45, 7) is 2.17. The van der Waals surface area contributed by atoms with Crippen LogP contribution in [0.1, 0.15) is 31.7 Å². The summed E-state index contributed by atoms with van der Waals surface area (Å²) >= 11 is 0. The number of aromatic amines is 1. The molecule has 0 amide bonds. The molecule has 0 spiro atoms. The Morgan fingerprint density at radius 1 is 1.19 bits per heavy atom. The van der Waals surface area contributed by atoms with Crippen molar-refractivity contribution < 1.29 is 0 Å². The van der Waals surface area contributed by atoms with Gasteiger partial charge in [0.25, 0.3) is 0 Å². The SMILES string of the molecule is CCCCCc1c[nH]c2ccccc2c1=O. The van der Waals surface area contributed by atoms with Crippen LogP contribution in [0.15, 0.2) is 35.3 Å². The fourth-order valence-electron chi connectivity index (χ4n) is 1.96. The summed E-state index contributed by atoms with van der Waals surface area (Å²) < 4.78 is 0. The number of hydrogen-bond donors (Lipinski definition) is 1. The van der Waals surface area contributed by atoms with Gasteiger partial charge in [-0.2, -0.15) is 0 Å². The Kier molecular flexibility index (Phi) is 3.40. The summed E-state index contributed by atoms with van der Waals surface area (Å²) in [7, 11) is 0. The molecule has 16 heavy (non-hydrogen) atoms. The van der Waals surface area contributed by atoms with Crippen molar-refractivity contribution in [3.63, 3.8) is 0 Å². The van der Waals surface area contributed by atoms with Crippen molar-refractivity contribution in [1.29, 1.82) is 0 Å². The summed E-state index contributed by atoms with van der Waals surface area (Å²) in [5.74, 6) is 0. The molecule has 1 heterocycles. The van der Waals surface area contributed by atoms with Crippen molar-refractivity contribution in [2.24, 2.45) is 0 Å². The molecule has 0 aliphatic rings. The molecule has 0 bridgehead atoms. The van der Waals surface area contributed by atoms with E-state index in [-0.39, 0.29) is 5.43 Å². The third kappa shape index (κ3) is 2.16. The van der Waals surface area contributed by atoms with Crippen LogP contribution in [0.25, 0.3) is 10.9 Å². The average molecular weight is 215 g/mol. The van der Waals surface area contributed by atoms with E-state index in [0.717, 1.165) is 29.3 Å². The number of benzene rings is 1. The first kappa shape index (κ1) is 10.9. The quantitative estimate of drug-likeness (QED) is 0.780. The highest BCUT2D eigenvalue weighted by Crippen LogP contribution is 2.09. The number of aryl methyl sites for hydroxylation is 1. The maximum atomic E-state index is 12.1. The zero-order valence-electron chi connectivity index (χ0n) is 9.62. The number of rotatable bonds is 4. The third-order valence-electron chi connectivity index (χ3n) is 2.91. The van der Waals surface area contributed by atoms with Gasteiger partial charge in [-0.3, -0.25) is 4.79 Å². The van der Waals surface area contributed by atoms with Gasteiger partial charge in [0.05, 0.1) is 0 Å². The van der Waals surface area contributed by atoms with Crippen LogP contribution in [0.4, 0.5) is 0 Å². The molecule has 0 aliphatic heterocycles. The molecule has 84 valence electrons. The maximum Gasteiger partial charge on any atom is 0.192 e. The van der Waals surface area contributed by atoms with E-state index in [0.29, 0.717) is 0 Å². The van der Waals surface area contributed by atoms with Gasteiger partial charge in [-0.15, -0.1) is 0 Å². The lowest BCUT2D eigenvalue weighted by Crippen LogP contribution is -2.09. The van der Waals surface area contributed by atoms with E-state index in [9.17, 15) is 4.79 Å². The monoisotopic (exact) mass is 215 g/mol. The molecule has 1 N–H and O–H groups in total. The van der Waals surface area contributed by atoms with Crippen LogP contribution in [0.2, 0.25) is 0 Å². The number of H-pyrrole nitrogens is 1. The third-order valence-corrected chi connectivity index (χ3v) is 2.91. The first-order valence-corrected chi connectivity index (χ1v) is 5.92. The summed E-state index contributed by atoms with van der Waals surface area (Å²) in [4.78, 5) is 15.3. The van der Waals surface area contributed by atoms with Gasteiger partial charge in [0.2, 0.25) is 0 Å². The van der Waals surface area contributed by atoms with Crippen molar-refractivity contribution in [3.8, 4) is 0 Å². The van der Waals surface area contributed by atoms with E-state index in [1.54, 1.807) is 0 Å². The van der Waals surface area contributed by atoms with Gasteiger partial charge >= 0.3 is 0 Å². The molecule has 2 aromatic rings. The second-order valence-electron chi connectivity index (χ2n) is 4.15. The summed E-state index contributed by atoms with van der Waals surface area (Å²) in [5.41, 5.74) is 2.02. The zero-order chi connectivity index (χ0) is 11.4. The van der Waals surface area contributed by atoms with Crippen molar-refractivity contribution >= 4 is 10.9 Å². The molecule has 0 radical (unpaired) electrons. The molecule has 2 heteroatoms. The van der Waals surface area contributed by atoms with E-state index < -0.39 is 0 Å².